The summed E-state index contributed by atoms with van der Waals surface area (Å²) in [6, 6.07) is 7.82. The van der Waals surface area contributed by atoms with Crippen LogP contribution in [0.15, 0.2) is 57.9 Å². The lowest BCUT2D eigenvalue weighted by Gasteiger charge is -2.41. The van der Waals surface area contributed by atoms with Crippen LogP contribution in [-0.2, 0) is 20.7 Å². The Labute approximate surface area is 237 Å². The van der Waals surface area contributed by atoms with E-state index >= 15 is 8.78 Å². The van der Waals surface area contributed by atoms with E-state index in [1.165, 1.54) is 53.4 Å². The average Bonchev–Trinajstić information content (AvgIpc) is 3.18. The van der Waals surface area contributed by atoms with Crippen LogP contribution in [0.3, 0.4) is 0 Å². The van der Waals surface area contributed by atoms with Gasteiger partial charge in [-0.1, -0.05) is 54.2 Å². The lowest BCUT2D eigenvalue weighted by atomic mass is 9.95. The summed E-state index contributed by atoms with van der Waals surface area (Å²) in [4.78, 5) is 15.0. The van der Waals surface area contributed by atoms with E-state index in [1.54, 1.807) is 0 Å². The molecule has 0 radical (unpaired) electrons. The smallest absolute Gasteiger partial charge is 0.298 e. The monoisotopic (exact) mass is 627 g/mol. The van der Waals surface area contributed by atoms with Gasteiger partial charge in [-0.2, -0.15) is 13.5 Å². The van der Waals surface area contributed by atoms with Crippen LogP contribution < -0.4 is 15.2 Å². The van der Waals surface area contributed by atoms with Crippen molar-refractivity contribution in [2.75, 3.05) is 6.61 Å². The molecule has 7 nitrogen and oxygen atoms in total. The Kier molecular flexibility index (Phi) is 9.67. The fraction of sp³-hybridized carbons (Fsp3) is 0.536. The van der Waals surface area contributed by atoms with Gasteiger partial charge in [0.1, 0.15) is 5.75 Å². The summed E-state index contributed by atoms with van der Waals surface area (Å²) < 4.78 is 67.1. The minimum Gasteiger partial charge on any atom is -0.494 e. The number of hydrogen-bond acceptors (Lipinski definition) is 5. The lowest BCUT2D eigenvalue weighted by molar-refractivity contribution is -0.149. The normalized spacial score (nSPS) is 22.1. The molecule has 39 heavy (non-hydrogen) atoms. The highest BCUT2D eigenvalue weighted by Crippen LogP contribution is 2.40. The molecule has 0 aliphatic carbocycles. The number of carbonyl (C=O) groups is 1. The number of amides is 1. The van der Waals surface area contributed by atoms with Crippen molar-refractivity contribution in [2.24, 2.45) is 5.73 Å². The first-order valence-electron chi connectivity index (χ1n) is 13.5. The van der Waals surface area contributed by atoms with E-state index in [4.69, 9.17) is 10.5 Å². The van der Waals surface area contributed by atoms with E-state index in [2.05, 4.69) is 27.6 Å². The second-order valence-corrected chi connectivity index (χ2v) is 13.1. The van der Waals surface area contributed by atoms with Crippen LogP contribution in [-0.4, -0.2) is 50.0 Å². The van der Waals surface area contributed by atoms with Gasteiger partial charge in [0, 0.05) is 28.2 Å². The van der Waals surface area contributed by atoms with Gasteiger partial charge in [0.15, 0.2) is 6.04 Å². The van der Waals surface area contributed by atoms with Crippen molar-refractivity contribution in [1.29, 1.82) is 0 Å². The number of ether oxygens (including phenoxy) is 1. The van der Waals surface area contributed by atoms with Crippen LogP contribution in [0.1, 0.15) is 63.9 Å². The molecule has 0 saturated carbocycles. The topological polar surface area (TPSA) is 102 Å². The van der Waals surface area contributed by atoms with Gasteiger partial charge in [-0.3, -0.25) is 4.79 Å². The van der Waals surface area contributed by atoms with Crippen LogP contribution in [0.2, 0.25) is 0 Å². The molecule has 3 N–H and O–H groups in total. The van der Waals surface area contributed by atoms with Gasteiger partial charge in [0.25, 0.3) is 5.92 Å². The lowest BCUT2D eigenvalue weighted by Crippen LogP contribution is -2.60. The van der Waals surface area contributed by atoms with Crippen molar-refractivity contribution >= 4 is 31.9 Å². The molecule has 0 aromatic heterocycles. The van der Waals surface area contributed by atoms with Gasteiger partial charge in [0.2, 0.25) is 15.9 Å². The maximum Gasteiger partial charge on any atom is 0.298 e. The van der Waals surface area contributed by atoms with E-state index in [-0.39, 0.29) is 23.0 Å². The van der Waals surface area contributed by atoms with Crippen molar-refractivity contribution in [3.8, 4) is 5.75 Å². The third-order valence-electron chi connectivity index (χ3n) is 7.54. The number of nitrogens with zero attached hydrogens (tertiary/aromatic N) is 1. The zero-order valence-electron chi connectivity index (χ0n) is 22.0. The Balaban J connectivity index is 1.58. The van der Waals surface area contributed by atoms with Gasteiger partial charge in [0.05, 0.1) is 11.5 Å². The summed E-state index contributed by atoms with van der Waals surface area (Å²) in [5, 5.41) is 0. The van der Waals surface area contributed by atoms with E-state index in [1.807, 2.05) is 0 Å². The molecule has 2 fully saturated rings. The quantitative estimate of drug-likeness (QED) is 0.310. The highest BCUT2D eigenvalue weighted by atomic mass is 79.9. The predicted molar refractivity (Wildman–Crippen MR) is 149 cm³/mol. The Morgan fingerprint density at radius 3 is 2.28 bits per heavy atom. The molecule has 2 bridgehead atoms. The number of sulfonamides is 1. The van der Waals surface area contributed by atoms with Gasteiger partial charge in [-0.15, -0.1) is 0 Å². The number of alkyl halides is 2. The summed E-state index contributed by atoms with van der Waals surface area (Å²) in [6.45, 7) is 2.62. The number of fused-ring (bicyclic) bond motifs is 2. The second kappa shape index (κ2) is 12.6. The summed E-state index contributed by atoms with van der Waals surface area (Å²) in [7, 11) is -4.48. The maximum absolute atomic E-state index is 16.0. The molecule has 2 heterocycles. The molecule has 1 amide bonds. The van der Waals surface area contributed by atoms with Gasteiger partial charge in [-0.25, -0.2) is 8.42 Å². The van der Waals surface area contributed by atoms with Gasteiger partial charge < -0.3 is 15.4 Å². The molecule has 214 valence electrons. The fourth-order valence-electron chi connectivity index (χ4n) is 5.50. The molecule has 0 spiro atoms. The van der Waals surface area contributed by atoms with Crippen LogP contribution in [0.25, 0.3) is 0 Å². The van der Waals surface area contributed by atoms with Crippen LogP contribution in [0, 0.1) is 0 Å². The number of benzene rings is 2. The molecule has 2 unspecified atom stereocenters. The first kappa shape index (κ1) is 29.9. The number of nitrogens with two attached hydrogens (primary N) is 1. The molecular formula is C28H36BrF2N3O4S. The number of carbonyl (C=O) groups excluding carboxylic acids is 1. The fourth-order valence-corrected chi connectivity index (χ4v) is 6.96. The molecule has 2 aliphatic heterocycles. The molecular weight excluding hydrogens is 592 g/mol. The van der Waals surface area contributed by atoms with Crippen LogP contribution in [0.5, 0.6) is 5.75 Å². The summed E-state index contributed by atoms with van der Waals surface area (Å²) in [5.41, 5.74) is 5.66. The minimum absolute atomic E-state index is 0.110. The van der Waals surface area contributed by atoms with Crippen molar-refractivity contribution in [3.63, 3.8) is 0 Å². The summed E-state index contributed by atoms with van der Waals surface area (Å²) in [6.07, 6.45) is 6.48. The Bertz CT molecular complexity index is 1210. The first-order chi connectivity index (χ1) is 18.5. The predicted octanol–water partition coefficient (Wildman–Crippen LogP) is 5.33. The zero-order chi connectivity index (χ0) is 28.2. The van der Waals surface area contributed by atoms with Crippen molar-refractivity contribution in [3.05, 3.63) is 58.6 Å². The van der Waals surface area contributed by atoms with Crippen molar-refractivity contribution in [1.82, 2.24) is 9.62 Å². The second-order valence-electron chi connectivity index (χ2n) is 10.4. The highest BCUT2D eigenvalue weighted by Gasteiger charge is 2.53. The largest absolute Gasteiger partial charge is 0.494 e. The third kappa shape index (κ3) is 6.99. The molecule has 2 aromatic carbocycles. The van der Waals surface area contributed by atoms with Gasteiger partial charge in [-0.05, 0) is 68.5 Å². The number of halogens is 3. The molecule has 4 rings (SSSR count). The Morgan fingerprint density at radius 2 is 1.69 bits per heavy atom. The molecule has 2 aliphatic rings. The van der Waals surface area contributed by atoms with Crippen molar-refractivity contribution < 1.29 is 26.7 Å². The summed E-state index contributed by atoms with van der Waals surface area (Å²) >= 11 is 3.23. The molecule has 11 heteroatoms. The minimum atomic E-state index is -4.48. The Hall–Kier alpha value is -2.08. The summed E-state index contributed by atoms with van der Waals surface area (Å²) in [5.74, 6) is -4.26. The average molecular weight is 629 g/mol. The number of piperidine rings is 1. The standard InChI is InChI=1S/C28H36BrF2N3O4S/c1-2-3-4-5-16-38-24-12-14-25(15-13-24)39(36,37)33-26(28(30,31)19-6-8-20(29)9-7-19)27(35)34-22-10-11-23(34)18-21(32)17-22/h6-9,12-15,21-23,26,33H,2-5,10-11,16-18,32H2,1H3/t21?,22?,23?,26-/m0/s1. The van der Waals surface area contributed by atoms with E-state index in [9.17, 15) is 13.2 Å². The maximum atomic E-state index is 16.0. The first-order valence-corrected chi connectivity index (χ1v) is 15.8. The van der Waals surface area contributed by atoms with Gasteiger partial charge >= 0.3 is 0 Å². The van der Waals surface area contributed by atoms with Crippen molar-refractivity contribution in [2.45, 2.75) is 93.3 Å². The van der Waals surface area contributed by atoms with Crippen LogP contribution in [0.4, 0.5) is 8.78 Å². The number of rotatable bonds is 12. The number of unbranched alkanes of at least 4 members (excludes halogenated alkanes) is 3. The third-order valence-corrected chi connectivity index (χ3v) is 9.50. The van der Waals surface area contributed by atoms with E-state index in [0.717, 1.165) is 25.7 Å². The highest BCUT2D eigenvalue weighted by molar-refractivity contribution is 9.10. The Morgan fingerprint density at radius 1 is 1.08 bits per heavy atom. The van der Waals surface area contributed by atoms with Crippen LogP contribution >= 0.6 is 15.9 Å². The molecule has 2 aromatic rings. The number of hydrogen-bond donors (Lipinski definition) is 2. The zero-order valence-corrected chi connectivity index (χ0v) is 24.4. The molecule has 2 saturated heterocycles. The van der Waals surface area contributed by atoms with E-state index in [0.29, 0.717) is 42.5 Å². The molecule has 3 atom stereocenters. The SMILES string of the molecule is CCCCCCOc1ccc(S(=O)(=O)N[C@@H](C(=O)N2C3CCC2CC(N)C3)C(F)(F)c2ccc(Br)cc2)cc1. The number of nitrogens with one attached hydrogen (secondary N) is 1. The van der Waals surface area contributed by atoms with E-state index < -0.39 is 33.5 Å².